The van der Waals surface area contributed by atoms with Crippen LogP contribution in [0, 0.1) is 20.2 Å². The van der Waals surface area contributed by atoms with E-state index in [4.69, 9.17) is 0 Å². The van der Waals surface area contributed by atoms with Crippen molar-refractivity contribution in [2.75, 3.05) is 0 Å². The van der Waals surface area contributed by atoms with E-state index in [1.54, 1.807) is 0 Å². The first-order valence-corrected chi connectivity index (χ1v) is 3.33. The van der Waals surface area contributed by atoms with Gasteiger partial charge in [-0.2, -0.15) is 4.39 Å². The van der Waals surface area contributed by atoms with Crippen molar-refractivity contribution in [1.82, 2.24) is 0 Å². The SMILES string of the molecule is O=[N+]([O-])C1=CC(F)([N+](=O)[O-])CC=C1. The van der Waals surface area contributed by atoms with Gasteiger partial charge in [0.15, 0.2) is 0 Å². The Kier molecular flexibility index (Phi) is 2.09. The van der Waals surface area contributed by atoms with Gasteiger partial charge in [-0.15, -0.1) is 0 Å². The second-order valence-corrected chi connectivity index (χ2v) is 2.51. The Morgan fingerprint density at radius 2 is 2.08 bits per heavy atom. The van der Waals surface area contributed by atoms with Crippen LogP contribution >= 0.6 is 0 Å². The maximum atomic E-state index is 13.2. The molecule has 0 saturated heterocycles. The number of alkyl halides is 1. The van der Waals surface area contributed by atoms with Gasteiger partial charge in [-0.3, -0.25) is 20.2 Å². The van der Waals surface area contributed by atoms with Crippen molar-refractivity contribution in [2.24, 2.45) is 0 Å². The van der Waals surface area contributed by atoms with Crippen LogP contribution in [0.15, 0.2) is 23.9 Å². The topological polar surface area (TPSA) is 86.3 Å². The van der Waals surface area contributed by atoms with Crippen LogP contribution in [-0.4, -0.2) is 15.6 Å². The normalized spacial score (nSPS) is 26.7. The summed E-state index contributed by atoms with van der Waals surface area (Å²) >= 11 is 0. The quantitative estimate of drug-likeness (QED) is 0.368. The minimum Gasteiger partial charge on any atom is -0.261 e. The summed E-state index contributed by atoms with van der Waals surface area (Å²) in [5.41, 5.74) is -0.592. The second-order valence-electron chi connectivity index (χ2n) is 2.51. The number of allylic oxidation sites excluding steroid dienone is 1. The molecule has 0 heterocycles. The predicted molar refractivity (Wildman–Crippen MR) is 39.7 cm³/mol. The number of hydrogen-bond donors (Lipinski definition) is 0. The van der Waals surface area contributed by atoms with Crippen molar-refractivity contribution >= 4 is 0 Å². The summed E-state index contributed by atoms with van der Waals surface area (Å²) in [4.78, 5) is 18.3. The van der Waals surface area contributed by atoms with Gasteiger partial charge in [-0.1, -0.05) is 6.08 Å². The summed E-state index contributed by atoms with van der Waals surface area (Å²) < 4.78 is 13.2. The predicted octanol–water partition coefficient (Wildman–Crippen LogP) is 1.05. The van der Waals surface area contributed by atoms with Crippen LogP contribution < -0.4 is 0 Å². The number of nitrogens with zero attached hydrogens (tertiary/aromatic N) is 2. The third-order valence-corrected chi connectivity index (χ3v) is 1.58. The zero-order valence-electron chi connectivity index (χ0n) is 6.34. The average Bonchev–Trinajstić information content (AvgIpc) is 2.04. The zero-order valence-corrected chi connectivity index (χ0v) is 6.34. The molecule has 6 nitrogen and oxygen atoms in total. The fourth-order valence-electron chi connectivity index (χ4n) is 0.919. The van der Waals surface area contributed by atoms with E-state index in [1.807, 2.05) is 0 Å². The molecule has 1 aliphatic rings. The molecule has 0 radical (unpaired) electrons. The van der Waals surface area contributed by atoms with Crippen molar-refractivity contribution in [1.29, 1.82) is 0 Å². The summed E-state index contributed by atoms with van der Waals surface area (Å²) in [6.45, 7) is 0. The minimum absolute atomic E-state index is 0.410. The van der Waals surface area contributed by atoms with Crippen LogP contribution in [0.2, 0.25) is 0 Å². The highest BCUT2D eigenvalue weighted by Gasteiger charge is 2.43. The molecule has 0 saturated carbocycles. The smallest absolute Gasteiger partial charge is 0.261 e. The number of rotatable bonds is 2. The van der Waals surface area contributed by atoms with E-state index in [2.05, 4.69) is 0 Å². The first-order chi connectivity index (χ1) is 5.96. The number of hydrogen-bond acceptors (Lipinski definition) is 4. The Hall–Kier alpha value is -1.79. The molecular formula is C6H5FN2O4. The molecule has 1 aliphatic carbocycles. The van der Waals surface area contributed by atoms with Gasteiger partial charge in [0.1, 0.15) is 6.08 Å². The summed E-state index contributed by atoms with van der Waals surface area (Å²) in [7, 11) is 0. The van der Waals surface area contributed by atoms with E-state index in [1.165, 1.54) is 0 Å². The molecule has 0 aromatic rings. The van der Waals surface area contributed by atoms with Crippen molar-refractivity contribution in [3.63, 3.8) is 0 Å². The average molecular weight is 188 g/mol. The van der Waals surface area contributed by atoms with Gasteiger partial charge < -0.3 is 0 Å². The molecule has 1 unspecified atom stereocenters. The molecule has 1 rings (SSSR count). The van der Waals surface area contributed by atoms with Crippen LogP contribution in [0.5, 0.6) is 0 Å². The van der Waals surface area contributed by atoms with E-state index < -0.39 is 27.8 Å². The first kappa shape index (κ1) is 9.30. The van der Waals surface area contributed by atoms with Gasteiger partial charge in [0.2, 0.25) is 0 Å². The van der Waals surface area contributed by atoms with Gasteiger partial charge in [0.05, 0.1) is 16.3 Å². The largest absolute Gasteiger partial charge is 0.388 e. The molecule has 0 N–H and O–H groups in total. The van der Waals surface area contributed by atoms with Crippen LogP contribution in [-0.2, 0) is 0 Å². The number of nitro groups is 2. The highest BCUT2D eigenvalue weighted by Crippen LogP contribution is 2.26. The third-order valence-electron chi connectivity index (χ3n) is 1.58. The lowest BCUT2D eigenvalue weighted by Crippen LogP contribution is -2.32. The van der Waals surface area contributed by atoms with Crippen LogP contribution in [0.4, 0.5) is 4.39 Å². The highest BCUT2D eigenvalue weighted by molar-refractivity contribution is 5.20. The molecule has 70 valence electrons. The Morgan fingerprint density at radius 3 is 2.54 bits per heavy atom. The third kappa shape index (κ3) is 1.68. The van der Waals surface area contributed by atoms with Crippen molar-refractivity contribution in [3.8, 4) is 0 Å². The second kappa shape index (κ2) is 2.92. The highest BCUT2D eigenvalue weighted by atomic mass is 19.1. The Morgan fingerprint density at radius 1 is 1.46 bits per heavy atom. The van der Waals surface area contributed by atoms with Gasteiger partial charge in [0, 0.05) is 6.08 Å². The van der Waals surface area contributed by atoms with Crippen LogP contribution in [0.3, 0.4) is 0 Å². The monoisotopic (exact) mass is 188 g/mol. The molecule has 0 spiro atoms. The fourth-order valence-corrected chi connectivity index (χ4v) is 0.919. The van der Waals surface area contributed by atoms with E-state index >= 15 is 0 Å². The molecule has 0 fully saturated rings. The summed E-state index contributed by atoms with van der Waals surface area (Å²) in [6.07, 6.45) is 2.05. The van der Waals surface area contributed by atoms with Crippen molar-refractivity contribution < 1.29 is 14.2 Å². The van der Waals surface area contributed by atoms with E-state index in [0.717, 1.165) is 12.2 Å². The maximum Gasteiger partial charge on any atom is 0.388 e. The lowest BCUT2D eigenvalue weighted by Gasteiger charge is -2.12. The molecule has 7 heteroatoms. The molecule has 0 amide bonds. The van der Waals surface area contributed by atoms with E-state index in [0.29, 0.717) is 6.08 Å². The van der Waals surface area contributed by atoms with Gasteiger partial charge in [-0.25, -0.2) is 0 Å². The van der Waals surface area contributed by atoms with Gasteiger partial charge in [-0.05, 0) is 0 Å². The molecule has 0 bridgehead atoms. The van der Waals surface area contributed by atoms with Crippen molar-refractivity contribution in [3.05, 3.63) is 44.2 Å². The molecular weight excluding hydrogens is 183 g/mol. The van der Waals surface area contributed by atoms with Gasteiger partial charge >= 0.3 is 5.79 Å². The van der Waals surface area contributed by atoms with E-state index in [9.17, 15) is 24.6 Å². The minimum atomic E-state index is -2.84. The Bertz CT molecular complexity index is 325. The summed E-state index contributed by atoms with van der Waals surface area (Å²) in [6, 6.07) is 0. The zero-order chi connectivity index (χ0) is 10.1. The summed E-state index contributed by atoms with van der Waals surface area (Å²) in [5, 5.41) is 20.3. The molecule has 0 aromatic heterocycles. The number of halogens is 1. The molecule has 1 atom stereocenters. The lowest BCUT2D eigenvalue weighted by molar-refractivity contribution is -0.590. The maximum absolute atomic E-state index is 13.2. The summed E-state index contributed by atoms with van der Waals surface area (Å²) in [5.74, 6) is -2.84. The first-order valence-electron chi connectivity index (χ1n) is 3.33. The standard InChI is InChI=1S/C6H5FN2O4/c7-6(9(12)13)3-1-2-5(4-6)8(10)11/h1-2,4H,3H2. The van der Waals surface area contributed by atoms with E-state index in [-0.39, 0.29) is 0 Å². The van der Waals surface area contributed by atoms with Crippen LogP contribution in [0.25, 0.3) is 0 Å². The molecule has 0 aromatic carbocycles. The Balaban J connectivity index is 3.02. The Labute approximate surface area is 71.7 Å². The molecule has 13 heavy (non-hydrogen) atoms. The van der Waals surface area contributed by atoms with Crippen molar-refractivity contribution in [2.45, 2.75) is 12.2 Å². The van der Waals surface area contributed by atoms with Crippen LogP contribution in [0.1, 0.15) is 6.42 Å². The fraction of sp³-hybridized carbons (Fsp3) is 0.333. The van der Waals surface area contributed by atoms with Gasteiger partial charge in [0.25, 0.3) is 5.70 Å². The molecule has 0 aliphatic heterocycles. The lowest BCUT2D eigenvalue weighted by atomic mass is 10.1.